The van der Waals surface area contributed by atoms with Crippen LogP contribution in [0.5, 0.6) is 5.75 Å². The molecule has 5 nitrogen and oxygen atoms in total. The molecule has 0 N–H and O–H groups in total. The zero-order valence-electron chi connectivity index (χ0n) is 24.7. The van der Waals surface area contributed by atoms with Crippen molar-refractivity contribution in [3.05, 3.63) is 64.2 Å². The summed E-state index contributed by atoms with van der Waals surface area (Å²) in [6, 6.07) is 6.30. The number of carbonyl (C=O) groups is 1. The highest BCUT2D eigenvalue weighted by molar-refractivity contribution is 7.80. The molecule has 0 radical (unpaired) electrons. The predicted octanol–water partition coefficient (Wildman–Crippen LogP) is 8.43. The minimum atomic E-state index is -4.98. The van der Waals surface area contributed by atoms with E-state index >= 15 is 0 Å². The van der Waals surface area contributed by atoms with E-state index < -0.39 is 35.6 Å². The molecule has 2 atom stereocenters. The third-order valence-electron chi connectivity index (χ3n) is 8.23. The lowest BCUT2D eigenvalue weighted by Crippen LogP contribution is -2.35. The molecule has 1 aliphatic carbocycles. The van der Waals surface area contributed by atoms with Crippen molar-refractivity contribution in [3.63, 3.8) is 0 Å². The topological polar surface area (TPSA) is 42.0 Å². The van der Waals surface area contributed by atoms with Crippen molar-refractivity contribution < 1.29 is 40.6 Å². The van der Waals surface area contributed by atoms with E-state index in [1.165, 1.54) is 11.8 Å². The van der Waals surface area contributed by atoms with Crippen molar-refractivity contribution >= 4 is 34.6 Å². The van der Waals surface area contributed by atoms with Crippen molar-refractivity contribution in [2.24, 2.45) is 5.41 Å². The minimum Gasteiger partial charge on any atom is -0.496 e. The van der Waals surface area contributed by atoms with Crippen LogP contribution >= 0.6 is 12.2 Å². The first-order chi connectivity index (χ1) is 19.8. The van der Waals surface area contributed by atoms with Crippen LogP contribution in [0.25, 0.3) is 5.57 Å². The van der Waals surface area contributed by atoms with Crippen LogP contribution in [0, 0.1) is 5.41 Å². The van der Waals surface area contributed by atoms with Crippen LogP contribution < -0.4 is 9.64 Å². The number of carbonyl (C=O) groups excluding carboxylic acids is 1. The lowest BCUT2D eigenvalue weighted by molar-refractivity contribution is -0.143. The molecule has 0 bridgehead atoms. The monoisotopic (exact) mass is 628 g/mol. The van der Waals surface area contributed by atoms with Gasteiger partial charge in [-0.2, -0.15) is 26.3 Å². The minimum absolute atomic E-state index is 0.00395. The van der Waals surface area contributed by atoms with Gasteiger partial charge in [0.05, 0.1) is 24.3 Å². The Morgan fingerprint density at radius 3 is 2.23 bits per heavy atom. The number of benzene rings is 2. The van der Waals surface area contributed by atoms with Crippen LogP contribution in [0.1, 0.15) is 75.3 Å². The zero-order chi connectivity index (χ0) is 32.1. The van der Waals surface area contributed by atoms with Gasteiger partial charge in [0.15, 0.2) is 0 Å². The molecule has 1 heterocycles. The number of rotatable bonds is 6. The molecule has 234 valence electrons. The van der Waals surface area contributed by atoms with E-state index in [0.717, 1.165) is 23.1 Å². The van der Waals surface area contributed by atoms with E-state index in [-0.39, 0.29) is 34.7 Å². The van der Waals surface area contributed by atoms with Gasteiger partial charge in [-0.25, -0.2) is 0 Å². The quantitative estimate of drug-likeness (QED) is 0.237. The van der Waals surface area contributed by atoms with Crippen LogP contribution in [0.2, 0.25) is 0 Å². The second-order valence-electron chi connectivity index (χ2n) is 11.9. The third kappa shape index (κ3) is 6.94. The molecule has 2 aromatic rings. The van der Waals surface area contributed by atoms with Crippen LogP contribution in [0.4, 0.5) is 32.0 Å². The van der Waals surface area contributed by atoms with Gasteiger partial charge in [0.2, 0.25) is 5.91 Å². The van der Waals surface area contributed by atoms with Gasteiger partial charge in [0.1, 0.15) is 11.9 Å². The summed E-state index contributed by atoms with van der Waals surface area (Å²) in [5.41, 5.74) is 0.340. The van der Waals surface area contributed by atoms with E-state index in [0.29, 0.717) is 36.4 Å². The van der Waals surface area contributed by atoms with Crippen LogP contribution in [0.15, 0.2) is 42.0 Å². The summed E-state index contributed by atoms with van der Waals surface area (Å²) in [6.45, 7) is 7.66. The molecule has 0 spiro atoms. The molecular formula is C31H34F6N2O3S. The number of amides is 1. The van der Waals surface area contributed by atoms with Crippen LogP contribution in [-0.4, -0.2) is 42.7 Å². The van der Waals surface area contributed by atoms with E-state index in [1.807, 2.05) is 6.07 Å². The SMILES string of the molecule is COc1ccc(N(C)C(C)=O)cc1C1=C(CN2C(=S)OC(c3cc(C(F)(F)F)cc(C(F)(F)F)c3)C2C)CC(C)(C)CC1. The molecule has 43 heavy (non-hydrogen) atoms. The number of halogens is 6. The largest absolute Gasteiger partial charge is 0.496 e. The predicted molar refractivity (Wildman–Crippen MR) is 156 cm³/mol. The summed E-state index contributed by atoms with van der Waals surface area (Å²) in [6.07, 6.45) is -8.88. The van der Waals surface area contributed by atoms with E-state index in [1.54, 1.807) is 38.1 Å². The molecule has 2 unspecified atom stereocenters. The van der Waals surface area contributed by atoms with Gasteiger partial charge < -0.3 is 19.3 Å². The number of hydrogen-bond acceptors (Lipinski definition) is 4. The van der Waals surface area contributed by atoms with Gasteiger partial charge in [-0.3, -0.25) is 4.79 Å². The van der Waals surface area contributed by atoms with E-state index in [4.69, 9.17) is 21.7 Å². The molecule has 1 amide bonds. The molecule has 1 saturated heterocycles. The van der Waals surface area contributed by atoms with Gasteiger partial charge in [-0.1, -0.05) is 13.8 Å². The first kappa shape index (κ1) is 32.6. The first-order valence-electron chi connectivity index (χ1n) is 13.7. The Kier molecular flexibility index (Phi) is 8.85. The first-order valence-corrected chi connectivity index (χ1v) is 14.1. The number of methoxy groups -OCH3 is 1. The van der Waals surface area contributed by atoms with Gasteiger partial charge in [-0.05, 0) is 96.9 Å². The van der Waals surface area contributed by atoms with Gasteiger partial charge >= 0.3 is 12.4 Å². The summed E-state index contributed by atoms with van der Waals surface area (Å²) >= 11 is 5.49. The number of nitrogens with zero attached hydrogens (tertiary/aromatic N) is 2. The maximum atomic E-state index is 13.6. The standard InChI is InChI=1S/C31H34F6N2O3S/c1-17-27(19-11-21(30(32,33)34)13-22(12-19)31(35,36)37)42-28(43)39(17)16-20-15-29(3,4)10-9-24(20)25-14-23(38(5)18(2)40)7-8-26(25)41-6/h7-8,11-14,17,27H,9-10,15-16H2,1-6H3. The van der Waals surface area contributed by atoms with E-state index in [2.05, 4.69) is 13.8 Å². The summed E-state index contributed by atoms with van der Waals surface area (Å²) in [4.78, 5) is 15.3. The summed E-state index contributed by atoms with van der Waals surface area (Å²) in [7, 11) is 3.23. The Morgan fingerprint density at radius 1 is 1.09 bits per heavy atom. The second kappa shape index (κ2) is 11.7. The molecule has 0 aromatic heterocycles. The summed E-state index contributed by atoms with van der Waals surface area (Å²) < 4.78 is 92.8. The molecule has 1 fully saturated rings. The normalized spacial score (nSPS) is 20.7. The molecule has 2 aromatic carbocycles. The average molecular weight is 629 g/mol. The maximum absolute atomic E-state index is 13.6. The van der Waals surface area contributed by atoms with E-state index in [9.17, 15) is 31.1 Å². The zero-order valence-corrected chi connectivity index (χ0v) is 25.6. The molecular weight excluding hydrogens is 594 g/mol. The lowest BCUT2D eigenvalue weighted by Gasteiger charge is -2.36. The second-order valence-corrected chi connectivity index (χ2v) is 12.2. The number of anilines is 1. The molecule has 4 rings (SSSR count). The lowest BCUT2D eigenvalue weighted by atomic mass is 9.72. The Bertz CT molecular complexity index is 1420. The molecule has 1 aliphatic heterocycles. The molecule has 12 heteroatoms. The molecule has 2 aliphatic rings. The maximum Gasteiger partial charge on any atom is 0.416 e. The number of thiocarbonyl (C=S) groups is 1. The average Bonchev–Trinajstić information content (AvgIpc) is 3.19. The van der Waals surface area contributed by atoms with Crippen LogP contribution in [-0.2, 0) is 21.9 Å². The summed E-state index contributed by atoms with van der Waals surface area (Å²) in [5.74, 6) is 0.473. The fourth-order valence-corrected chi connectivity index (χ4v) is 6.05. The Hall–Kier alpha value is -3.28. The smallest absolute Gasteiger partial charge is 0.416 e. The summed E-state index contributed by atoms with van der Waals surface area (Å²) in [5, 5.41) is -0.00395. The fourth-order valence-electron chi connectivity index (χ4n) is 5.72. The van der Waals surface area contributed by atoms with Gasteiger partial charge in [0.25, 0.3) is 5.17 Å². The number of allylic oxidation sites excluding steroid dienone is 1. The Balaban J connectivity index is 1.76. The fraction of sp³-hybridized carbons (Fsp3) is 0.484. The highest BCUT2D eigenvalue weighted by Gasteiger charge is 2.43. The van der Waals surface area contributed by atoms with Crippen molar-refractivity contribution in [2.75, 3.05) is 25.6 Å². The van der Waals surface area contributed by atoms with Crippen LogP contribution in [0.3, 0.4) is 0 Å². The van der Waals surface area contributed by atoms with Gasteiger partial charge in [0, 0.05) is 31.8 Å². The van der Waals surface area contributed by atoms with Crippen molar-refractivity contribution in [3.8, 4) is 5.75 Å². The highest BCUT2D eigenvalue weighted by atomic mass is 32.1. The Morgan fingerprint density at radius 2 is 1.70 bits per heavy atom. The van der Waals surface area contributed by atoms with Crippen molar-refractivity contribution in [2.45, 2.75) is 71.5 Å². The number of hydrogen-bond donors (Lipinski definition) is 0. The number of ether oxygens (including phenoxy) is 2. The number of alkyl halides is 6. The van der Waals surface area contributed by atoms with Gasteiger partial charge in [-0.15, -0.1) is 0 Å². The molecule has 0 saturated carbocycles. The Labute approximate surface area is 252 Å². The third-order valence-corrected chi connectivity index (χ3v) is 8.56. The highest BCUT2D eigenvalue weighted by Crippen LogP contribution is 2.47. The van der Waals surface area contributed by atoms with Crippen molar-refractivity contribution in [1.82, 2.24) is 4.90 Å². The van der Waals surface area contributed by atoms with Crippen molar-refractivity contribution in [1.29, 1.82) is 0 Å².